The van der Waals surface area contributed by atoms with E-state index >= 15 is 0 Å². The van der Waals surface area contributed by atoms with Gasteiger partial charge in [0.25, 0.3) is 0 Å². The molecule has 2 atom stereocenters. The fourth-order valence-corrected chi connectivity index (χ4v) is 4.83. The van der Waals surface area contributed by atoms with Crippen LogP contribution in [-0.4, -0.2) is 31.4 Å². The van der Waals surface area contributed by atoms with Crippen molar-refractivity contribution in [3.63, 3.8) is 0 Å². The second-order valence-electron chi connectivity index (χ2n) is 7.50. The summed E-state index contributed by atoms with van der Waals surface area (Å²) in [6, 6.07) is 6.39. The lowest BCUT2D eigenvalue weighted by Gasteiger charge is -2.38. The number of nitrogens with one attached hydrogen (secondary N) is 2. The van der Waals surface area contributed by atoms with E-state index in [2.05, 4.69) is 10.9 Å². The molecule has 2 aliphatic rings. The molecule has 0 aromatic heterocycles. The topological polar surface area (TPSA) is 85.9 Å². The molecule has 1 aliphatic carbocycles. The number of benzene rings is 2. The Morgan fingerprint density at radius 1 is 1.00 bits per heavy atom. The maximum absolute atomic E-state index is 13.8. The van der Waals surface area contributed by atoms with Gasteiger partial charge in [0.2, 0.25) is 11.4 Å². The zero-order chi connectivity index (χ0) is 23.2. The van der Waals surface area contributed by atoms with Crippen LogP contribution in [0.2, 0.25) is 15.1 Å². The zero-order valence-electron chi connectivity index (χ0n) is 17.3. The number of halogens is 3. The van der Waals surface area contributed by atoms with E-state index in [0.29, 0.717) is 21.5 Å². The van der Waals surface area contributed by atoms with Crippen LogP contribution in [0.5, 0.6) is 17.2 Å². The number of methoxy groups -OCH3 is 2. The Morgan fingerprint density at radius 3 is 2.28 bits per heavy atom. The van der Waals surface area contributed by atoms with Crippen LogP contribution in [0.25, 0.3) is 0 Å². The van der Waals surface area contributed by atoms with E-state index in [1.165, 1.54) is 26.4 Å². The Morgan fingerprint density at radius 2 is 1.66 bits per heavy atom. The number of ketones is 2. The number of rotatable bonds is 5. The summed E-state index contributed by atoms with van der Waals surface area (Å²) in [4.78, 5) is 26.2. The van der Waals surface area contributed by atoms with Gasteiger partial charge in [0.1, 0.15) is 22.1 Å². The number of hydrogen-bond donors (Lipinski definition) is 2. The summed E-state index contributed by atoms with van der Waals surface area (Å²) in [7, 11) is 2.89. The van der Waals surface area contributed by atoms with Gasteiger partial charge < -0.3 is 25.1 Å². The number of ether oxygens (including phenoxy) is 3. The number of Topliss-reactive ketones (excluding diaryl/α,β-unsaturated/α-hetero) is 1. The predicted octanol–water partition coefficient (Wildman–Crippen LogP) is 5.09. The molecular formula is C22H19Cl3N2O5. The SMILES string of the molecule is COc1cc(OC)c2c(c1Cl)O[C@]1(C2=O)C(NNc2cc(Cl)cc(Cl)c2)=CC(=O)C[C@H]1C. The maximum Gasteiger partial charge on any atom is 0.220 e. The predicted molar refractivity (Wildman–Crippen MR) is 122 cm³/mol. The van der Waals surface area contributed by atoms with Crippen LogP contribution in [0.1, 0.15) is 23.7 Å². The third-order valence-corrected chi connectivity index (χ3v) is 6.32. The van der Waals surface area contributed by atoms with E-state index in [1.54, 1.807) is 25.1 Å². The summed E-state index contributed by atoms with van der Waals surface area (Å²) in [5, 5.41) is 0.983. The van der Waals surface area contributed by atoms with Gasteiger partial charge in [-0.25, -0.2) is 0 Å². The van der Waals surface area contributed by atoms with E-state index in [-0.39, 0.29) is 45.8 Å². The van der Waals surface area contributed by atoms with Crippen LogP contribution in [0.4, 0.5) is 5.69 Å². The number of carbonyl (C=O) groups is 2. The number of allylic oxidation sites excluding steroid dienone is 1. The lowest BCUT2D eigenvalue weighted by molar-refractivity contribution is -0.117. The van der Waals surface area contributed by atoms with Crippen LogP contribution in [0, 0.1) is 5.92 Å². The van der Waals surface area contributed by atoms with Gasteiger partial charge in [-0.05, 0) is 18.2 Å². The fraction of sp³-hybridized carbons (Fsp3) is 0.273. The number of fused-ring (bicyclic) bond motifs is 1. The van der Waals surface area contributed by atoms with Gasteiger partial charge in [-0.3, -0.25) is 9.59 Å². The number of hydrazine groups is 1. The van der Waals surface area contributed by atoms with Crippen molar-refractivity contribution < 1.29 is 23.8 Å². The monoisotopic (exact) mass is 496 g/mol. The minimum Gasteiger partial charge on any atom is -0.496 e. The van der Waals surface area contributed by atoms with E-state index in [9.17, 15) is 9.59 Å². The Bertz CT molecular complexity index is 1150. The molecule has 1 aliphatic heterocycles. The lowest BCUT2D eigenvalue weighted by Crippen LogP contribution is -2.55. The summed E-state index contributed by atoms with van der Waals surface area (Å²) in [6.07, 6.45) is 1.46. The van der Waals surface area contributed by atoms with E-state index < -0.39 is 11.5 Å². The summed E-state index contributed by atoms with van der Waals surface area (Å²) in [6.45, 7) is 1.77. The van der Waals surface area contributed by atoms with Crippen LogP contribution in [0.15, 0.2) is 36.0 Å². The van der Waals surface area contributed by atoms with E-state index in [0.717, 1.165) is 0 Å². The van der Waals surface area contributed by atoms with Gasteiger partial charge in [-0.2, -0.15) is 0 Å². The molecule has 10 heteroatoms. The molecule has 2 N–H and O–H groups in total. The highest BCUT2D eigenvalue weighted by Crippen LogP contribution is 2.54. The first kappa shape index (κ1) is 22.6. The van der Waals surface area contributed by atoms with E-state index in [4.69, 9.17) is 49.0 Å². The van der Waals surface area contributed by atoms with Crippen molar-refractivity contribution in [3.05, 3.63) is 56.7 Å². The summed E-state index contributed by atoms with van der Waals surface area (Å²) in [5.74, 6) is -0.317. The molecule has 2 aromatic rings. The molecule has 4 rings (SSSR count). The summed E-state index contributed by atoms with van der Waals surface area (Å²) >= 11 is 18.6. The van der Waals surface area contributed by atoms with Crippen molar-refractivity contribution >= 4 is 52.1 Å². The second kappa shape index (κ2) is 8.39. The summed E-state index contributed by atoms with van der Waals surface area (Å²) < 4.78 is 17.0. The third-order valence-electron chi connectivity index (χ3n) is 5.53. The van der Waals surface area contributed by atoms with Crippen molar-refractivity contribution in [1.29, 1.82) is 0 Å². The summed E-state index contributed by atoms with van der Waals surface area (Å²) in [5.41, 5.74) is 5.33. The van der Waals surface area contributed by atoms with Crippen molar-refractivity contribution in [2.24, 2.45) is 5.92 Å². The molecule has 1 spiro atoms. The van der Waals surface area contributed by atoms with Gasteiger partial charge in [-0.15, -0.1) is 0 Å². The molecule has 1 heterocycles. The van der Waals surface area contributed by atoms with Crippen molar-refractivity contribution in [2.45, 2.75) is 18.9 Å². The molecule has 0 saturated heterocycles. The molecule has 0 bridgehead atoms. The average molecular weight is 498 g/mol. The number of carbonyl (C=O) groups excluding carboxylic acids is 2. The molecule has 0 unspecified atom stereocenters. The largest absolute Gasteiger partial charge is 0.496 e. The highest BCUT2D eigenvalue weighted by atomic mass is 35.5. The fourth-order valence-electron chi connectivity index (χ4n) is 4.04. The molecule has 0 saturated carbocycles. The van der Waals surface area contributed by atoms with Crippen LogP contribution < -0.4 is 25.1 Å². The minimum absolute atomic E-state index is 0.116. The molecular weight excluding hydrogens is 479 g/mol. The Labute approximate surface area is 199 Å². The Kier molecular flexibility index (Phi) is 5.92. The maximum atomic E-state index is 13.8. The number of hydrogen-bond acceptors (Lipinski definition) is 7. The normalized spacial score (nSPS) is 21.7. The first-order valence-corrected chi connectivity index (χ1v) is 10.8. The van der Waals surface area contributed by atoms with Gasteiger partial charge in [-0.1, -0.05) is 41.7 Å². The highest BCUT2D eigenvalue weighted by molar-refractivity contribution is 6.35. The molecule has 0 fully saturated rings. The zero-order valence-corrected chi connectivity index (χ0v) is 19.6. The molecule has 168 valence electrons. The number of anilines is 1. The van der Waals surface area contributed by atoms with Crippen molar-refractivity contribution in [2.75, 3.05) is 19.6 Å². The van der Waals surface area contributed by atoms with Crippen LogP contribution >= 0.6 is 34.8 Å². The molecule has 7 nitrogen and oxygen atoms in total. The Balaban J connectivity index is 1.78. The molecule has 0 radical (unpaired) electrons. The van der Waals surface area contributed by atoms with Crippen LogP contribution in [-0.2, 0) is 4.79 Å². The molecule has 32 heavy (non-hydrogen) atoms. The average Bonchev–Trinajstić information content (AvgIpc) is 3.04. The third kappa shape index (κ3) is 3.54. The van der Waals surface area contributed by atoms with Crippen molar-refractivity contribution in [1.82, 2.24) is 5.43 Å². The quantitative estimate of drug-likeness (QED) is 0.557. The molecule has 2 aromatic carbocycles. The highest BCUT2D eigenvalue weighted by Gasteiger charge is 2.59. The molecule has 0 amide bonds. The van der Waals surface area contributed by atoms with Gasteiger partial charge in [0.15, 0.2) is 11.5 Å². The van der Waals surface area contributed by atoms with Crippen LogP contribution in [0.3, 0.4) is 0 Å². The lowest BCUT2D eigenvalue weighted by atomic mass is 9.74. The van der Waals surface area contributed by atoms with Gasteiger partial charge >= 0.3 is 0 Å². The van der Waals surface area contributed by atoms with E-state index in [1.807, 2.05) is 0 Å². The smallest absolute Gasteiger partial charge is 0.220 e. The van der Waals surface area contributed by atoms with Gasteiger partial charge in [0, 0.05) is 34.5 Å². The first-order valence-electron chi connectivity index (χ1n) is 9.62. The first-order chi connectivity index (χ1) is 15.2. The van der Waals surface area contributed by atoms with Gasteiger partial charge in [0.05, 0.1) is 25.6 Å². The Hall–Kier alpha value is -2.61. The standard InChI is InChI=1S/C22H19Cl3N2O5/c1-10-4-14(28)8-17(27-26-13-6-11(23)5-12(24)7-13)22(10)21(29)18-15(30-2)9-16(31-3)19(25)20(18)32-22/h5-10,26-27H,4H2,1-3H3/t10-,22+/m1/s1. The van der Waals surface area contributed by atoms with Crippen molar-refractivity contribution in [3.8, 4) is 17.2 Å². The second-order valence-corrected chi connectivity index (χ2v) is 8.75. The minimum atomic E-state index is -1.52.